The van der Waals surface area contributed by atoms with Crippen LogP contribution < -0.4 is 10.1 Å². The molecule has 0 spiro atoms. The third kappa shape index (κ3) is 6.67. The van der Waals surface area contributed by atoms with Gasteiger partial charge < -0.3 is 10.1 Å². The fourth-order valence-corrected chi connectivity index (χ4v) is 3.12. The molecule has 0 aliphatic carbocycles. The Bertz CT molecular complexity index is 784. The van der Waals surface area contributed by atoms with E-state index in [0.717, 1.165) is 19.3 Å². The lowest BCUT2D eigenvalue weighted by Gasteiger charge is -2.29. The number of nitrogens with one attached hydrogen (secondary N) is 1. The molecule has 1 atom stereocenters. The zero-order valence-corrected chi connectivity index (χ0v) is 17.0. The number of imide groups is 1. The van der Waals surface area contributed by atoms with Crippen molar-refractivity contribution in [2.45, 2.75) is 52.0 Å². The second-order valence-corrected chi connectivity index (χ2v) is 6.63. The van der Waals surface area contributed by atoms with E-state index in [1.54, 1.807) is 12.1 Å². The fraction of sp³-hybridized carbons (Fsp3) is 0.556. The molecule has 0 saturated carbocycles. The van der Waals surface area contributed by atoms with Crippen LogP contribution in [0.2, 0.25) is 0 Å². The molecule has 3 amide bonds. The summed E-state index contributed by atoms with van der Waals surface area (Å²) in [7, 11) is 0.248. The predicted molar refractivity (Wildman–Crippen MR) is 103 cm³/mol. The van der Waals surface area contributed by atoms with Gasteiger partial charge in [-0.3, -0.25) is 9.69 Å². The second kappa shape index (κ2) is 11.3. The van der Waals surface area contributed by atoms with Crippen LogP contribution in [-0.4, -0.2) is 45.5 Å². The number of benzene rings is 1. The van der Waals surface area contributed by atoms with Crippen LogP contribution in [-0.2, 0) is 21.7 Å². The van der Waals surface area contributed by atoms with Crippen LogP contribution in [0.3, 0.4) is 0 Å². The SMILES string of the molecule is CCCCC(CC)N(C(=O)Cc1ccc(OC)c(N=S(=O)=O)c1)C(=O)NC. The van der Waals surface area contributed by atoms with Gasteiger partial charge in [0.25, 0.3) is 0 Å². The summed E-state index contributed by atoms with van der Waals surface area (Å²) in [5.74, 6) is -0.0652. The van der Waals surface area contributed by atoms with Gasteiger partial charge in [0.05, 0.1) is 13.5 Å². The average molecular weight is 397 g/mol. The minimum Gasteiger partial charge on any atom is -0.494 e. The molecule has 0 radical (unpaired) electrons. The molecule has 1 N–H and O–H groups in total. The van der Waals surface area contributed by atoms with Crippen molar-refractivity contribution in [2.75, 3.05) is 14.2 Å². The number of urea groups is 1. The average Bonchev–Trinajstić information content (AvgIpc) is 2.64. The first-order valence-corrected chi connectivity index (χ1v) is 9.92. The number of carbonyl (C=O) groups is 2. The molecule has 1 rings (SSSR count). The van der Waals surface area contributed by atoms with Gasteiger partial charge in [0.2, 0.25) is 5.91 Å². The van der Waals surface area contributed by atoms with Crippen LogP contribution in [0.25, 0.3) is 0 Å². The van der Waals surface area contributed by atoms with E-state index < -0.39 is 16.5 Å². The molecule has 0 aliphatic rings. The number of methoxy groups -OCH3 is 1. The second-order valence-electron chi connectivity index (χ2n) is 6.01. The number of nitrogens with zero attached hydrogens (tertiary/aromatic N) is 2. The Balaban J connectivity index is 3.14. The lowest BCUT2D eigenvalue weighted by atomic mass is 10.0. The van der Waals surface area contributed by atoms with Crippen molar-refractivity contribution in [1.82, 2.24) is 10.2 Å². The highest BCUT2D eigenvalue weighted by Crippen LogP contribution is 2.29. The predicted octanol–water partition coefficient (Wildman–Crippen LogP) is 3.07. The Morgan fingerprint density at radius 1 is 1.30 bits per heavy atom. The maximum atomic E-state index is 12.8. The fourth-order valence-electron chi connectivity index (χ4n) is 2.82. The van der Waals surface area contributed by atoms with E-state index in [0.29, 0.717) is 12.0 Å². The molecule has 0 bridgehead atoms. The number of amides is 3. The molecule has 0 fully saturated rings. The highest BCUT2D eigenvalue weighted by Gasteiger charge is 2.27. The maximum Gasteiger partial charge on any atom is 0.324 e. The molecular weight excluding hydrogens is 370 g/mol. The van der Waals surface area contributed by atoms with Gasteiger partial charge in [-0.15, -0.1) is 4.36 Å². The molecule has 150 valence electrons. The van der Waals surface area contributed by atoms with Crippen LogP contribution in [0.4, 0.5) is 10.5 Å². The summed E-state index contributed by atoms with van der Waals surface area (Å²) >= 11 is 0. The summed E-state index contributed by atoms with van der Waals surface area (Å²) in [5, 5.41) is 2.52. The topological polar surface area (TPSA) is 105 Å². The van der Waals surface area contributed by atoms with Crippen LogP contribution in [0.15, 0.2) is 22.6 Å². The smallest absolute Gasteiger partial charge is 0.324 e. The van der Waals surface area contributed by atoms with Crippen molar-refractivity contribution < 1.29 is 22.7 Å². The normalized spacial score (nSPS) is 11.4. The van der Waals surface area contributed by atoms with E-state index in [1.165, 1.54) is 25.1 Å². The maximum absolute atomic E-state index is 12.8. The Labute approximate surface area is 161 Å². The van der Waals surface area contributed by atoms with Crippen molar-refractivity contribution in [1.29, 1.82) is 0 Å². The Morgan fingerprint density at radius 2 is 2.00 bits per heavy atom. The molecule has 0 aliphatic heterocycles. The summed E-state index contributed by atoms with van der Waals surface area (Å²) in [6.45, 7) is 4.00. The van der Waals surface area contributed by atoms with Crippen LogP contribution in [0, 0.1) is 0 Å². The van der Waals surface area contributed by atoms with E-state index >= 15 is 0 Å². The number of unbranched alkanes of at least 4 members (excludes halogenated alkanes) is 1. The third-order valence-corrected chi connectivity index (χ3v) is 4.55. The molecular formula is C18H27N3O5S. The molecule has 1 aromatic carbocycles. The lowest BCUT2D eigenvalue weighted by molar-refractivity contribution is -0.129. The molecule has 0 aromatic heterocycles. The van der Waals surface area contributed by atoms with E-state index in [9.17, 15) is 18.0 Å². The summed E-state index contributed by atoms with van der Waals surface area (Å²) in [4.78, 5) is 26.4. The summed E-state index contributed by atoms with van der Waals surface area (Å²) in [5.41, 5.74) is 0.657. The number of rotatable bonds is 9. The molecule has 0 saturated heterocycles. The Kier molecular flexibility index (Phi) is 9.49. The van der Waals surface area contributed by atoms with Crippen molar-refractivity contribution in [3.8, 4) is 5.75 Å². The van der Waals surface area contributed by atoms with Gasteiger partial charge in [-0.1, -0.05) is 32.8 Å². The van der Waals surface area contributed by atoms with Crippen molar-refractivity contribution >= 4 is 28.1 Å². The number of carbonyl (C=O) groups excluding carboxylic acids is 2. The van der Waals surface area contributed by atoms with E-state index in [4.69, 9.17) is 4.74 Å². The van der Waals surface area contributed by atoms with E-state index in [-0.39, 0.29) is 29.8 Å². The van der Waals surface area contributed by atoms with Gasteiger partial charge in [-0.05, 0) is 30.5 Å². The summed E-state index contributed by atoms with van der Waals surface area (Å²) in [6.07, 6.45) is 3.25. The first-order chi connectivity index (χ1) is 12.9. The monoisotopic (exact) mass is 397 g/mol. The first kappa shape index (κ1) is 22.6. The number of hydrogen-bond donors (Lipinski definition) is 1. The Morgan fingerprint density at radius 3 is 2.52 bits per heavy atom. The number of ether oxygens (including phenoxy) is 1. The van der Waals surface area contributed by atoms with Crippen LogP contribution in [0.5, 0.6) is 5.75 Å². The van der Waals surface area contributed by atoms with Gasteiger partial charge in [-0.2, -0.15) is 8.42 Å². The zero-order chi connectivity index (χ0) is 20.4. The molecule has 9 heteroatoms. The molecule has 27 heavy (non-hydrogen) atoms. The molecule has 0 heterocycles. The van der Waals surface area contributed by atoms with Crippen molar-refractivity contribution in [3.05, 3.63) is 23.8 Å². The summed E-state index contributed by atoms with van der Waals surface area (Å²) in [6, 6.07) is 4.04. The van der Waals surface area contributed by atoms with Gasteiger partial charge in [-0.25, -0.2) is 4.79 Å². The van der Waals surface area contributed by atoms with Gasteiger partial charge in [0, 0.05) is 13.1 Å². The first-order valence-electron chi connectivity index (χ1n) is 8.89. The van der Waals surface area contributed by atoms with E-state index in [2.05, 4.69) is 16.6 Å². The minimum absolute atomic E-state index is 0.0476. The lowest BCUT2D eigenvalue weighted by Crippen LogP contribution is -2.49. The summed E-state index contributed by atoms with van der Waals surface area (Å²) < 4.78 is 30.3. The van der Waals surface area contributed by atoms with E-state index in [1.807, 2.05) is 6.92 Å². The largest absolute Gasteiger partial charge is 0.494 e. The van der Waals surface area contributed by atoms with Gasteiger partial charge in [0.15, 0.2) is 0 Å². The van der Waals surface area contributed by atoms with Crippen LogP contribution in [0.1, 0.15) is 45.1 Å². The van der Waals surface area contributed by atoms with Gasteiger partial charge in [0.1, 0.15) is 11.4 Å². The number of hydrogen-bond acceptors (Lipinski definition) is 6. The van der Waals surface area contributed by atoms with Crippen molar-refractivity contribution in [2.24, 2.45) is 4.36 Å². The highest BCUT2D eigenvalue weighted by atomic mass is 32.2. The van der Waals surface area contributed by atoms with Crippen molar-refractivity contribution in [3.63, 3.8) is 0 Å². The quantitative estimate of drug-likeness (QED) is 0.689. The van der Waals surface area contributed by atoms with Gasteiger partial charge >= 0.3 is 16.5 Å². The Hall–Kier alpha value is -2.42. The minimum atomic E-state index is -2.64. The van der Waals surface area contributed by atoms with Crippen LogP contribution >= 0.6 is 0 Å². The molecule has 1 unspecified atom stereocenters. The highest BCUT2D eigenvalue weighted by molar-refractivity contribution is 7.61. The standard InChI is InChI=1S/C18H27N3O5S/c1-5-7-8-14(6-2)21(18(23)19-3)17(22)12-13-9-10-16(26-4)15(11-13)20-27(24)25/h9-11,14H,5-8,12H2,1-4H3,(H,19,23). The molecule has 1 aromatic rings. The zero-order valence-electron chi connectivity index (χ0n) is 16.2. The molecule has 8 nitrogen and oxygen atoms in total. The third-order valence-electron chi connectivity index (χ3n) is 4.20.